The highest BCUT2D eigenvalue weighted by molar-refractivity contribution is 9.10. The molecular formula is C15H9BrF2O2. The summed E-state index contributed by atoms with van der Waals surface area (Å²) < 4.78 is 32.8. The Labute approximate surface area is 122 Å². The van der Waals surface area contributed by atoms with Gasteiger partial charge in [-0.1, -0.05) is 22.0 Å². The molecule has 5 heteroatoms. The van der Waals surface area contributed by atoms with E-state index < -0.39 is 23.7 Å². The lowest BCUT2D eigenvalue weighted by Crippen LogP contribution is -2.04. The van der Waals surface area contributed by atoms with E-state index in [2.05, 4.69) is 15.9 Å². The van der Waals surface area contributed by atoms with Crippen molar-refractivity contribution in [1.82, 2.24) is 0 Å². The van der Waals surface area contributed by atoms with Gasteiger partial charge in [-0.15, -0.1) is 0 Å². The fourth-order valence-electron chi connectivity index (χ4n) is 2.29. The molecule has 3 rings (SSSR count). The van der Waals surface area contributed by atoms with Crippen molar-refractivity contribution in [3.05, 3.63) is 69.2 Å². The zero-order valence-corrected chi connectivity index (χ0v) is 11.8. The van der Waals surface area contributed by atoms with E-state index in [0.717, 1.165) is 22.7 Å². The largest absolute Gasteiger partial charge is 0.454 e. The third-order valence-corrected chi connectivity index (χ3v) is 3.74. The number of carbonyl (C=O) groups is 1. The van der Waals surface area contributed by atoms with Crippen molar-refractivity contribution in [2.24, 2.45) is 0 Å². The molecule has 0 aromatic heterocycles. The first kappa shape index (κ1) is 13.2. The number of fused-ring (bicyclic) bond motifs is 1. The highest BCUT2D eigenvalue weighted by atomic mass is 79.9. The summed E-state index contributed by atoms with van der Waals surface area (Å²) in [6.07, 6.45) is -0.467. The summed E-state index contributed by atoms with van der Waals surface area (Å²) in [6, 6.07) is 8.47. The minimum absolute atomic E-state index is 0.115. The first-order chi connectivity index (χ1) is 9.54. The maximum atomic E-state index is 13.6. The van der Waals surface area contributed by atoms with Gasteiger partial charge in [0.25, 0.3) is 0 Å². The van der Waals surface area contributed by atoms with Gasteiger partial charge in [0.15, 0.2) is 0 Å². The average molecular weight is 339 g/mol. The molecule has 1 aliphatic heterocycles. The summed E-state index contributed by atoms with van der Waals surface area (Å²) >= 11 is 3.28. The molecule has 0 N–H and O–H groups in total. The Bertz CT molecular complexity index is 700. The topological polar surface area (TPSA) is 26.3 Å². The van der Waals surface area contributed by atoms with Crippen LogP contribution in [0.4, 0.5) is 8.78 Å². The van der Waals surface area contributed by atoms with Gasteiger partial charge in [-0.2, -0.15) is 0 Å². The quantitative estimate of drug-likeness (QED) is 0.768. The summed E-state index contributed by atoms with van der Waals surface area (Å²) in [5.41, 5.74) is 1.35. The number of carbonyl (C=O) groups excluding carboxylic acids is 1. The van der Waals surface area contributed by atoms with Crippen LogP contribution >= 0.6 is 15.9 Å². The molecule has 0 saturated heterocycles. The molecule has 20 heavy (non-hydrogen) atoms. The van der Waals surface area contributed by atoms with Crippen molar-refractivity contribution < 1.29 is 18.3 Å². The van der Waals surface area contributed by atoms with Crippen LogP contribution in [0.15, 0.2) is 40.9 Å². The minimum atomic E-state index is -0.582. The molecule has 2 aromatic rings. The zero-order valence-electron chi connectivity index (χ0n) is 10.2. The Balaban J connectivity index is 1.94. The third kappa shape index (κ3) is 2.33. The molecule has 0 amide bonds. The molecule has 1 heterocycles. The standard InChI is InChI=1S/C15H9BrF2O2/c16-9-1-3-11-12(7-9)15(19)20-14(11)6-8-5-10(17)2-4-13(8)18/h1-5,7,14H,6H2. The van der Waals surface area contributed by atoms with Crippen molar-refractivity contribution in [1.29, 1.82) is 0 Å². The second kappa shape index (κ2) is 4.98. The fraction of sp³-hybridized carbons (Fsp3) is 0.133. The number of esters is 1. The number of ether oxygens (including phenoxy) is 1. The second-order valence-electron chi connectivity index (χ2n) is 4.57. The first-order valence-corrected chi connectivity index (χ1v) is 6.78. The van der Waals surface area contributed by atoms with E-state index in [0.29, 0.717) is 11.1 Å². The lowest BCUT2D eigenvalue weighted by atomic mass is 9.99. The molecule has 102 valence electrons. The van der Waals surface area contributed by atoms with Gasteiger partial charge in [-0.05, 0) is 35.9 Å². The van der Waals surface area contributed by atoms with Crippen molar-refractivity contribution >= 4 is 21.9 Å². The summed E-state index contributed by atoms with van der Waals surface area (Å²) in [6.45, 7) is 0. The molecule has 0 fully saturated rings. The van der Waals surface area contributed by atoms with Crippen LogP contribution < -0.4 is 0 Å². The van der Waals surface area contributed by atoms with E-state index in [1.165, 1.54) is 0 Å². The summed E-state index contributed by atoms with van der Waals surface area (Å²) in [7, 11) is 0. The van der Waals surface area contributed by atoms with Gasteiger partial charge in [0, 0.05) is 16.5 Å². The van der Waals surface area contributed by atoms with E-state index in [-0.39, 0.29) is 12.0 Å². The molecule has 1 unspecified atom stereocenters. The van der Waals surface area contributed by atoms with Crippen LogP contribution in [0.25, 0.3) is 0 Å². The summed E-state index contributed by atoms with van der Waals surface area (Å²) in [5.74, 6) is -1.46. The third-order valence-electron chi connectivity index (χ3n) is 3.24. The molecule has 0 aliphatic carbocycles. The van der Waals surface area contributed by atoms with Gasteiger partial charge in [0.1, 0.15) is 17.7 Å². The van der Waals surface area contributed by atoms with Crippen molar-refractivity contribution in [3.63, 3.8) is 0 Å². The van der Waals surface area contributed by atoms with Crippen LogP contribution in [0.5, 0.6) is 0 Å². The highest BCUT2D eigenvalue weighted by Gasteiger charge is 2.31. The average Bonchev–Trinajstić information content (AvgIpc) is 2.70. The van der Waals surface area contributed by atoms with E-state index in [4.69, 9.17) is 4.74 Å². The maximum Gasteiger partial charge on any atom is 0.339 e. The lowest BCUT2D eigenvalue weighted by Gasteiger charge is -2.11. The summed E-state index contributed by atoms with van der Waals surface area (Å²) in [5, 5.41) is 0. The predicted molar refractivity (Wildman–Crippen MR) is 72.4 cm³/mol. The molecule has 1 atom stereocenters. The zero-order chi connectivity index (χ0) is 14.3. The van der Waals surface area contributed by atoms with Gasteiger partial charge in [0.2, 0.25) is 0 Å². The Hall–Kier alpha value is -1.75. The first-order valence-electron chi connectivity index (χ1n) is 5.99. The monoisotopic (exact) mass is 338 g/mol. The van der Waals surface area contributed by atoms with Crippen molar-refractivity contribution in [2.75, 3.05) is 0 Å². The van der Waals surface area contributed by atoms with Gasteiger partial charge in [-0.25, -0.2) is 13.6 Å². The normalized spacial score (nSPS) is 16.9. The number of halogens is 3. The fourth-order valence-corrected chi connectivity index (χ4v) is 2.65. The minimum Gasteiger partial charge on any atom is -0.454 e. The van der Waals surface area contributed by atoms with Crippen molar-refractivity contribution in [2.45, 2.75) is 12.5 Å². The second-order valence-corrected chi connectivity index (χ2v) is 5.48. The van der Waals surface area contributed by atoms with Gasteiger partial charge in [-0.3, -0.25) is 0 Å². The molecule has 0 radical (unpaired) electrons. The summed E-state index contributed by atoms with van der Waals surface area (Å²) in [4.78, 5) is 11.8. The molecule has 0 saturated carbocycles. The van der Waals surface area contributed by atoms with Crippen LogP contribution in [0.3, 0.4) is 0 Å². The molecule has 0 bridgehead atoms. The van der Waals surface area contributed by atoms with Crippen LogP contribution in [0.1, 0.15) is 27.6 Å². The van der Waals surface area contributed by atoms with E-state index in [1.807, 2.05) is 0 Å². The number of hydrogen-bond acceptors (Lipinski definition) is 2. The van der Waals surface area contributed by atoms with E-state index >= 15 is 0 Å². The van der Waals surface area contributed by atoms with Crippen molar-refractivity contribution in [3.8, 4) is 0 Å². The molecule has 0 spiro atoms. The Morgan fingerprint density at radius 1 is 1.15 bits per heavy atom. The predicted octanol–water partition coefficient (Wildman–Crippen LogP) is 4.18. The van der Waals surface area contributed by atoms with Gasteiger partial charge < -0.3 is 4.74 Å². The van der Waals surface area contributed by atoms with Crippen LogP contribution in [0, 0.1) is 11.6 Å². The van der Waals surface area contributed by atoms with Gasteiger partial charge >= 0.3 is 5.97 Å². The van der Waals surface area contributed by atoms with Crippen LogP contribution in [0.2, 0.25) is 0 Å². The van der Waals surface area contributed by atoms with E-state index in [9.17, 15) is 13.6 Å². The smallest absolute Gasteiger partial charge is 0.339 e. The Kier molecular flexibility index (Phi) is 3.30. The Morgan fingerprint density at radius 3 is 2.75 bits per heavy atom. The van der Waals surface area contributed by atoms with E-state index in [1.54, 1.807) is 18.2 Å². The highest BCUT2D eigenvalue weighted by Crippen LogP contribution is 2.35. The lowest BCUT2D eigenvalue weighted by molar-refractivity contribution is 0.0385. The number of benzene rings is 2. The molecule has 2 nitrogen and oxygen atoms in total. The van der Waals surface area contributed by atoms with Crippen LogP contribution in [-0.2, 0) is 11.2 Å². The van der Waals surface area contributed by atoms with Crippen LogP contribution in [-0.4, -0.2) is 5.97 Å². The number of cyclic esters (lactones) is 1. The molecular weight excluding hydrogens is 330 g/mol. The number of hydrogen-bond donors (Lipinski definition) is 0. The number of rotatable bonds is 2. The van der Waals surface area contributed by atoms with Gasteiger partial charge in [0.05, 0.1) is 5.56 Å². The molecule has 2 aromatic carbocycles. The molecule has 1 aliphatic rings. The SMILES string of the molecule is O=C1OC(Cc2cc(F)ccc2F)c2ccc(Br)cc21. The Morgan fingerprint density at radius 2 is 1.95 bits per heavy atom. The maximum absolute atomic E-state index is 13.6.